The number of carbonyl (C=O) groups excluding carboxylic acids is 1. The highest BCUT2D eigenvalue weighted by Crippen LogP contribution is 2.32. The van der Waals surface area contributed by atoms with Crippen molar-refractivity contribution in [2.75, 3.05) is 0 Å². The summed E-state index contributed by atoms with van der Waals surface area (Å²) in [7, 11) is 0. The molecule has 0 aromatic rings. The standard InChI is InChI=1S/C13H21NO3/c15-11(8-9-6-7-9)14-12(13(16)17)10-4-2-1-3-5-10/h9-10,12H,1-8H2,(H,14,15)(H,16,17). The van der Waals surface area contributed by atoms with E-state index in [1.807, 2.05) is 0 Å². The molecule has 17 heavy (non-hydrogen) atoms. The van der Waals surface area contributed by atoms with Gasteiger partial charge in [0.1, 0.15) is 6.04 Å². The van der Waals surface area contributed by atoms with Crippen LogP contribution in [0.4, 0.5) is 0 Å². The van der Waals surface area contributed by atoms with Gasteiger partial charge in [0.2, 0.25) is 5.91 Å². The van der Waals surface area contributed by atoms with E-state index in [1.165, 1.54) is 6.42 Å². The largest absolute Gasteiger partial charge is 0.480 e. The lowest BCUT2D eigenvalue weighted by Crippen LogP contribution is -2.46. The van der Waals surface area contributed by atoms with E-state index in [0.717, 1.165) is 38.5 Å². The summed E-state index contributed by atoms with van der Waals surface area (Å²) in [6.45, 7) is 0. The maximum atomic E-state index is 11.7. The molecule has 1 unspecified atom stereocenters. The number of hydrogen-bond acceptors (Lipinski definition) is 2. The molecule has 0 heterocycles. The van der Waals surface area contributed by atoms with Gasteiger partial charge in [0, 0.05) is 6.42 Å². The zero-order chi connectivity index (χ0) is 12.3. The highest BCUT2D eigenvalue weighted by Gasteiger charge is 2.32. The van der Waals surface area contributed by atoms with Gasteiger partial charge in [-0.1, -0.05) is 19.3 Å². The highest BCUT2D eigenvalue weighted by atomic mass is 16.4. The Morgan fingerprint density at radius 3 is 2.29 bits per heavy atom. The maximum Gasteiger partial charge on any atom is 0.326 e. The van der Waals surface area contributed by atoms with Gasteiger partial charge in [-0.05, 0) is 37.5 Å². The molecule has 0 aliphatic heterocycles. The third kappa shape index (κ3) is 3.72. The quantitative estimate of drug-likeness (QED) is 0.770. The van der Waals surface area contributed by atoms with Crippen LogP contribution in [-0.4, -0.2) is 23.0 Å². The Bertz CT molecular complexity index is 293. The summed E-state index contributed by atoms with van der Waals surface area (Å²) < 4.78 is 0. The molecule has 0 aromatic carbocycles. The Hall–Kier alpha value is -1.06. The summed E-state index contributed by atoms with van der Waals surface area (Å²) >= 11 is 0. The molecule has 2 aliphatic rings. The van der Waals surface area contributed by atoms with E-state index in [1.54, 1.807) is 0 Å². The van der Waals surface area contributed by atoms with Crippen LogP contribution in [0.3, 0.4) is 0 Å². The van der Waals surface area contributed by atoms with Crippen molar-refractivity contribution >= 4 is 11.9 Å². The van der Waals surface area contributed by atoms with Crippen molar-refractivity contribution in [2.24, 2.45) is 11.8 Å². The third-order valence-corrected chi connectivity index (χ3v) is 3.87. The molecule has 4 nitrogen and oxygen atoms in total. The molecule has 4 heteroatoms. The van der Waals surface area contributed by atoms with Crippen LogP contribution in [0.2, 0.25) is 0 Å². The van der Waals surface area contributed by atoms with Crippen LogP contribution in [0.1, 0.15) is 51.4 Å². The van der Waals surface area contributed by atoms with Crippen LogP contribution in [0.15, 0.2) is 0 Å². The second-order valence-electron chi connectivity index (χ2n) is 5.43. The fourth-order valence-electron chi connectivity index (χ4n) is 2.67. The van der Waals surface area contributed by atoms with Crippen LogP contribution in [0.5, 0.6) is 0 Å². The van der Waals surface area contributed by atoms with E-state index in [4.69, 9.17) is 0 Å². The van der Waals surface area contributed by atoms with Gasteiger partial charge in [0.05, 0.1) is 0 Å². The zero-order valence-electron chi connectivity index (χ0n) is 10.2. The van der Waals surface area contributed by atoms with Crippen molar-refractivity contribution in [3.05, 3.63) is 0 Å². The van der Waals surface area contributed by atoms with Crippen LogP contribution in [-0.2, 0) is 9.59 Å². The van der Waals surface area contributed by atoms with Crippen molar-refractivity contribution in [2.45, 2.75) is 57.4 Å². The third-order valence-electron chi connectivity index (χ3n) is 3.87. The van der Waals surface area contributed by atoms with Gasteiger partial charge in [-0.15, -0.1) is 0 Å². The van der Waals surface area contributed by atoms with Crippen LogP contribution >= 0.6 is 0 Å². The molecule has 96 valence electrons. The number of aliphatic carboxylic acids is 1. The first-order valence-electron chi connectivity index (χ1n) is 6.69. The van der Waals surface area contributed by atoms with Gasteiger partial charge in [0.25, 0.3) is 0 Å². The average Bonchev–Trinajstić information content (AvgIpc) is 3.10. The number of carboxylic acids is 1. The molecule has 2 fully saturated rings. The molecular weight excluding hydrogens is 218 g/mol. The first-order chi connectivity index (χ1) is 8.16. The number of amides is 1. The van der Waals surface area contributed by atoms with Gasteiger partial charge < -0.3 is 10.4 Å². The molecule has 0 spiro atoms. The molecule has 0 radical (unpaired) electrons. The minimum Gasteiger partial charge on any atom is -0.480 e. The first-order valence-corrected chi connectivity index (χ1v) is 6.69. The molecular formula is C13H21NO3. The van der Waals surface area contributed by atoms with E-state index < -0.39 is 12.0 Å². The Labute approximate surface area is 102 Å². The Morgan fingerprint density at radius 2 is 1.76 bits per heavy atom. The lowest BCUT2D eigenvalue weighted by Gasteiger charge is -2.28. The van der Waals surface area contributed by atoms with Crippen molar-refractivity contribution in [3.8, 4) is 0 Å². The Morgan fingerprint density at radius 1 is 1.12 bits per heavy atom. The topological polar surface area (TPSA) is 66.4 Å². The minimum absolute atomic E-state index is 0.0783. The van der Waals surface area contributed by atoms with E-state index in [2.05, 4.69) is 5.32 Å². The molecule has 0 aromatic heterocycles. The van der Waals surface area contributed by atoms with Gasteiger partial charge in [-0.25, -0.2) is 4.79 Å². The molecule has 1 amide bonds. The number of carboxylic acid groups (broad SMARTS) is 1. The molecule has 2 saturated carbocycles. The van der Waals surface area contributed by atoms with E-state index >= 15 is 0 Å². The SMILES string of the molecule is O=C(CC1CC1)NC(C(=O)O)C1CCCCC1. The fourth-order valence-corrected chi connectivity index (χ4v) is 2.67. The average molecular weight is 239 g/mol. The van der Waals surface area contributed by atoms with Crippen LogP contribution in [0.25, 0.3) is 0 Å². The van der Waals surface area contributed by atoms with E-state index in [9.17, 15) is 14.7 Å². The lowest BCUT2D eigenvalue weighted by molar-refractivity contribution is -0.143. The van der Waals surface area contributed by atoms with Gasteiger partial charge in [-0.3, -0.25) is 4.79 Å². The summed E-state index contributed by atoms with van der Waals surface area (Å²) in [5, 5.41) is 11.9. The van der Waals surface area contributed by atoms with Crippen LogP contribution in [0, 0.1) is 11.8 Å². The van der Waals surface area contributed by atoms with E-state index in [-0.39, 0.29) is 11.8 Å². The van der Waals surface area contributed by atoms with Crippen molar-refractivity contribution in [1.29, 1.82) is 0 Å². The minimum atomic E-state index is -0.874. The first kappa shape index (κ1) is 12.4. The molecule has 2 rings (SSSR count). The smallest absolute Gasteiger partial charge is 0.326 e. The normalized spacial score (nSPS) is 23.1. The summed E-state index contributed by atoms with van der Waals surface area (Å²) in [4.78, 5) is 22.9. The maximum absolute atomic E-state index is 11.7. The van der Waals surface area contributed by atoms with Crippen molar-refractivity contribution in [1.82, 2.24) is 5.32 Å². The van der Waals surface area contributed by atoms with Gasteiger partial charge in [0.15, 0.2) is 0 Å². The number of nitrogens with one attached hydrogen (secondary N) is 1. The molecule has 0 saturated heterocycles. The van der Waals surface area contributed by atoms with Crippen molar-refractivity contribution < 1.29 is 14.7 Å². The van der Waals surface area contributed by atoms with Gasteiger partial charge in [-0.2, -0.15) is 0 Å². The predicted molar refractivity (Wildman–Crippen MR) is 63.5 cm³/mol. The second-order valence-corrected chi connectivity index (χ2v) is 5.43. The summed E-state index contributed by atoms with van der Waals surface area (Å²) in [5.41, 5.74) is 0. The van der Waals surface area contributed by atoms with E-state index in [0.29, 0.717) is 12.3 Å². The number of rotatable bonds is 5. The molecule has 1 atom stereocenters. The fraction of sp³-hybridized carbons (Fsp3) is 0.846. The predicted octanol–water partition coefficient (Wildman–Crippen LogP) is 1.94. The highest BCUT2D eigenvalue weighted by molar-refractivity contribution is 5.84. The summed E-state index contributed by atoms with van der Waals surface area (Å²) in [5.74, 6) is -0.313. The summed E-state index contributed by atoms with van der Waals surface area (Å²) in [6, 6.07) is -0.665. The summed E-state index contributed by atoms with van der Waals surface area (Å²) in [6.07, 6.45) is 7.99. The van der Waals surface area contributed by atoms with Gasteiger partial charge >= 0.3 is 5.97 Å². The Balaban J connectivity index is 1.86. The van der Waals surface area contributed by atoms with Crippen molar-refractivity contribution in [3.63, 3.8) is 0 Å². The van der Waals surface area contributed by atoms with Crippen LogP contribution < -0.4 is 5.32 Å². The number of hydrogen-bond donors (Lipinski definition) is 2. The lowest BCUT2D eigenvalue weighted by atomic mass is 9.84. The second kappa shape index (κ2) is 5.52. The number of carbonyl (C=O) groups is 2. The molecule has 0 bridgehead atoms. The zero-order valence-corrected chi connectivity index (χ0v) is 10.2. The monoisotopic (exact) mass is 239 g/mol. The molecule has 2 N–H and O–H groups in total. The Kier molecular flexibility index (Phi) is 4.02. The molecule has 2 aliphatic carbocycles.